The van der Waals surface area contributed by atoms with Crippen molar-refractivity contribution in [1.82, 2.24) is 9.88 Å². The van der Waals surface area contributed by atoms with Gasteiger partial charge in [0, 0.05) is 26.4 Å². The highest BCUT2D eigenvalue weighted by Crippen LogP contribution is 2.13. The molecule has 1 rings (SSSR count). The van der Waals surface area contributed by atoms with Crippen LogP contribution in [0.2, 0.25) is 5.15 Å². The van der Waals surface area contributed by atoms with Gasteiger partial charge in [-0.2, -0.15) is 0 Å². The molecule has 0 unspecified atom stereocenters. The molecule has 0 saturated carbocycles. The molecular weight excluding hydrogens is 240 g/mol. The summed E-state index contributed by atoms with van der Waals surface area (Å²) in [6, 6.07) is 3.36. The summed E-state index contributed by atoms with van der Waals surface area (Å²) in [4.78, 5) is 17.5. The van der Waals surface area contributed by atoms with Crippen LogP contribution in [-0.4, -0.2) is 41.1 Å². The van der Waals surface area contributed by atoms with Gasteiger partial charge in [-0.3, -0.25) is 4.79 Å². The summed E-state index contributed by atoms with van der Waals surface area (Å²) >= 11 is 5.86. The van der Waals surface area contributed by atoms with Crippen molar-refractivity contribution in [3.8, 4) is 0 Å². The highest BCUT2D eigenvalue weighted by molar-refractivity contribution is 6.32. The average molecular weight is 257 g/mol. The molecule has 0 aliphatic rings. The van der Waals surface area contributed by atoms with E-state index in [0.29, 0.717) is 12.1 Å². The Morgan fingerprint density at radius 3 is 2.88 bits per heavy atom. The Labute approximate surface area is 106 Å². The third kappa shape index (κ3) is 4.32. The van der Waals surface area contributed by atoms with E-state index in [1.54, 1.807) is 30.3 Å². The van der Waals surface area contributed by atoms with Gasteiger partial charge in [-0.1, -0.05) is 11.6 Å². The van der Waals surface area contributed by atoms with Gasteiger partial charge in [0.05, 0.1) is 5.56 Å². The molecule has 0 fully saturated rings. The first-order chi connectivity index (χ1) is 8.16. The summed E-state index contributed by atoms with van der Waals surface area (Å²) in [6.07, 6.45) is 4.12. The number of aliphatic hydroxyl groups is 1. The monoisotopic (exact) mass is 256 g/mol. The maximum atomic E-state index is 12.0. The van der Waals surface area contributed by atoms with Gasteiger partial charge in [0.25, 0.3) is 5.91 Å². The predicted octanol–water partition coefficient (Wildman–Crippen LogP) is 1.97. The van der Waals surface area contributed by atoms with E-state index in [0.717, 1.165) is 19.3 Å². The van der Waals surface area contributed by atoms with Gasteiger partial charge in [-0.15, -0.1) is 0 Å². The van der Waals surface area contributed by atoms with E-state index in [-0.39, 0.29) is 17.7 Å². The number of rotatable bonds is 6. The van der Waals surface area contributed by atoms with Gasteiger partial charge >= 0.3 is 0 Å². The van der Waals surface area contributed by atoms with Gasteiger partial charge in [-0.05, 0) is 31.4 Å². The average Bonchev–Trinajstić information content (AvgIpc) is 2.34. The number of hydrogen-bond acceptors (Lipinski definition) is 3. The lowest BCUT2D eigenvalue weighted by Crippen LogP contribution is -2.28. The molecule has 4 nitrogen and oxygen atoms in total. The largest absolute Gasteiger partial charge is 0.396 e. The normalized spacial score (nSPS) is 10.3. The van der Waals surface area contributed by atoms with Crippen LogP contribution in [0.3, 0.4) is 0 Å². The first-order valence-electron chi connectivity index (χ1n) is 5.63. The minimum absolute atomic E-state index is 0.118. The number of unbranched alkanes of at least 4 members (excludes halogenated alkanes) is 2. The van der Waals surface area contributed by atoms with Crippen LogP contribution in [0, 0.1) is 0 Å². The van der Waals surface area contributed by atoms with Crippen molar-refractivity contribution < 1.29 is 9.90 Å². The molecule has 1 aromatic rings. The smallest absolute Gasteiger partial charge is 0.256 e. The molecule has 17 heavy (non-hydrogen) atoms. The van der Waals surface area contributed by atoms with Crippen molar-refractivity contribution in [1.29, 1.82) is 0 Å². The van der Waals surface area contributed by atoms with E-state index >= 15 is 0 Å². The fraction of sp³-hybridized carbons (Fsp3) is 0.500. The fourth-order valence-electron chi connectivity index (χ4n) is 1.49. The Morgan fingerprint density at radius 2 is 2.24 bits per heavy atom. The van der Waals surface area contributed by atoms with Crippen LogP contribution in [0.5, 0.6) is 0 Å². The number of amides is 1. The van der Waals surface area contributed by atoms with Crippen molar-refractivity contribution in [2.45, 2.75) is 19.3 Å². The first-order valence-corrected chi connectivity index (χ1v) is 6.01. The Bertz CT molecular complexity index is 371. The number of nitrogens with zero attached hydrogens (tertiary/aromatic N) is 2. The zero-order valence-electron chi connectivity index (χ0n) is 9.90. The van der Waals surface area contributed by atoms with Crippen LogP contribution < -0.4 is 0 Å². The van der Waals surface area contributed by atoms with Crippen LogP contribution in [-0.2, 0) is 0 Å². The van der Waals surface area contributed by atoms with Crippen LogP contribution in [0.25, 0.3) is 0 Å². The molecule has 0 bridgehead atoms. The number of pyridine rings is 1. The number of halogens is 1. The molecule has 94 valence electrons. The fourth-order valence-corrected chi connectivity index (χ4v) is 1.69. The van der Waals surface area contributed by atoms with E-state index in [1.807, 2.05) is 0 Å². The summed E-state index contributed by atoms with van der Waals surface area (Å²) in [6.45, 7) is 0.857. The second-order valence-corrected chi connectivity index (χ2v) is 4.21. The maximum Gasteiger partial charge on any atom is 0.256 e. The van der Waals surface area contributed by atoms with Crippen LogP contribution in [0.15, 0.2) is 18.3 Å². The Kier molecular flexibility index (Phi) is 5.94. The number of aromatic nitrogens is 1. The quantitative estimate of drug-likeness (QED) is 0.625. The first kappa shape index (κ1) is 13.9. The highest BCUT2D eigenvalue weighted by atomic mass is 35.5. The standard InChI is InChI=1S/C12H17ClN2O2/c1-15(8-3-2-4-9-16)12(17)10-6-5-7-14-11(10)13/h5-7,16H,2-4,8-9H2,1H3. The van der Waals surface area contributed by atoms with Gasteiger partial charge < -0.3 is 10.0 Å². The molecular formula is C12H17ClN2O2. The molecule has 1 aromatic heterocycles. The molecule has 0 atom stereocenters. The minimum atomic E-state index is -0.118. The zero-order valence-corrected chi connectivity index (χ0v) is 10.7. The lowest BCUT2D eigenvalue weighted by molar-refractivity contribution is 0.0792. The Balaban J connectivity index is 2.49. The van der Waals surface area contributed by atoms with Crippen molar-refractivity contribution in [3.63, 3.8) is 0 Å². The maximum absolute atomic E-state index is 12.0. The van der Waals surface area contributed by atoms with Gasteiger partial charge in [0.2, 0.25) is 0 Å². The number of aliphatic hydroxyl groups excluding tert-OH is 1. The van der Waals surface area contributed by atoms with E-state index in [9.17, 15) is 4.79 Å². The van der Waals surface area contributed by atoms with Crippen molar-refractivity contribution in [2.24, 2.45) is 0 Å². The molecule has 1 N–H and O–H groups in total. The van der Waals surface area contributed by atoms with Gasteiger partial charge in [-0.25, -0.2) is 4.98 Å². The van der Waals surface area contributed by atoms with Crippen molar-refractivity contribution in [2.75, 3.05) is 20.2 Å². The molecule has 5 heteroatoms. The van der Waals surface area contributed by atoms with Crippen LogP contribution in [0.1, 0.15) is 29.6 Å². The third-order valence-corrected chi connectivity index (χ3v) is 2.79. The SMILES string of the molecule is CN(CCCCCO)C(=O)c1cccnc1Cl. The van der Waals surface area contributed by atoms with Gasteiger partial charge in [0.1, 0.15) is 5.15 Å². The lowest BCUT2D eigenvalue weighted by Gasteiger charge is -2.17. The van der Waals surface area contributed by atoms with E-state index in [4.69, 9.17) is 16.7 Å². The van der Waals surface area contributed by atoms with E-state index in [1.165, 1.54) is 0 Å². The molecule has 0 aromatic carbocycles. The summed E-state index contributed by atoms with van der Waals surface area (Å²) in [7, 11) is 1.74. The number of hydrogen-bond donors (Lipinski definition) is 1. The minimum Gasteiger partial charge on any atom is -0.396 e. The predicted molar refractivity (Wildman–Crippen MR) is 67.1 cm³/mol. The summed E-state index contributed by atoms with van der Waals surface area (Å²) in [5.74, 6) is -0.118. The number of carbonyl (C=O) groups excluding carboxylic acids is 1. The second-order valence-electron chi connectivity index (χ2n) is 3.85. The van der Waals surface area contributed by atoms with Crippen molar-refractivity contribution in [3.05, 3.63) is 29.0 Å². The molecule has 1 amide bonds. The summed E-state index contributed by atoms with van der Waals surface area (Å²) in [5, 5.41) is 8.88. The molecule has 1 heterocycles. The number of carbonyl (C=O) groups is 1. The Morgan fingerprint density at radius 1 is 1.47 bits per heavy atom. The van der Waals surface area contributed by atoms with E-state index < -0.39 is 0 Å². The lowest BCUT2D eigenvalue weighted by atomic mass is 10.2. The van der Waals surface area contributed by atoms with Crippen LogP contribution >= 0.6 is 11.6 Å². The Hall–Kier alpha value is -1.13. The molecule has 0 aliphatic heterocycles. The molecule has 0 spiro atoms. The van der Waals surface area contributed by atoms with Crippen molar-refractivity contribution >= 4 is 17.5 Å². The van der Waals surface area contributed by atoms with Gasteiger partial charge in [0.15, 0.2) is 0 Å². The second kappa shape index (κ2) is 7.25. The summed E-state index contributed by atoms with van der Waals surface area (Å²) < 4.78 is 0. The van der Waals surface area contributed by atoms with E-state index in [2.05, 4.69) is 4.98 Å². The highest BCUT2D eigenvalue weighted by Gasteiger charge is 2.14. The summed E-state index contributed by atoms with van der Waals surface area (Å²) in [5.41, 5.74) is 0.429. The molecule has 0 saturated heterocycles. The molecule has 0 aliphatic carbocycles. The van der Waals surface area contributed by atoms with Crippen LogP contribution in [0.4, 0.5) is 0 Å². The third-order valence-electron chi connectivity index (χ3n) is 2.49. The zero-order chi connectivity index (χ0) is 12.7. The molecule has 0 radical (unpaired) electrons. The topological polar surface area (TPSA) is 53.4 Å².